The van der Waals surface area contributed by atoms with Crippen LogP contribution in [0.15, 0.2) is 12.1 Å². The molecule has 0 aliphatic rings. The van der Waals surface area contributed by atoms with E-state index in [2.05, 4.69) is 0 Å². The number of carbonyl (C=O) groups excluding carboxylic acids is 1. The molecule has 0 saturated carbocycles. The highest BCUT2D eigenvalue weighted by atomic mass is 16.3. The third kappa shape index (κ3) is 2.36. The van der Waals surface area contributed by atoms with Crippen molar-refractivity contribution < 1.29 is 15.0 Å². The highest BCUT2D eigenvalue weighted by Gasteiger charge is 2.17. The van der Waals surface area contributed by atoms with Gasteiger partial charge in [0.1, 0.15) is 5.75 Å². The Bertz CT molecular complexity index is 375. The van der Waals surface area contributed by atoms with Gasteiger partial charge in [-0.25, -0.2) is 0 Å². The molecule has 0 aliphatic heterocycles. The van der Waals surface area contributed by atoms with E-state index in [1.54, 1.807) is 12.1 Å². The summed E-state index contributed by atoms with van der Waals surface area (Å²) in [6.45, 7) is 5.76. The van der Waals surface area contributed by atoms with Crippen LogP contribution in [0.2, 0.25) is 0 Å². The molecule has 15 heavy (non-hydrogen) atoms. The van der Waals surface area contributed by atoms with E-state index in [1.165, 1.54) is 0 Å². The molecule has 0 unspecified atom stereocenters. The molecule has 0 aromatic heterocycles. The van der Waals surface area contributed by atoms with Gasteiger partial charge in [-0.05, 0) is 23.1 Å². The minimum Gasteiger partial charge on any atom is -0.507 e. The number of hydrogen-bond acceptors (Lipinski definition) is 3. The number of carbonyl (C=O) groups is 1. The third-order valence-corrected chi connectivity index (χ3v) is 2.38. The summed E-state index contributed by atoms with van der Waals surface area (Å²) in [7, 11) is 0. The standard InChI is InChI=1S/C12H16O3/c1-12(2,3)10-4-8(6-13)11(15)9(5-10)7-14/h4-6,14-15H,7H2,1-3H3. The van der Waals surface area contributed by atoms with E-state index in [1.807, 2.05) is 20.8 Å². The maximum absolute atomic E-state index is 10.7. The summed E-state index contributed by atoms with van der Waals surface area (Å²) in [5.41, 5.74) is 1.43. The molecule has 82 valence electrons. The zero-order valence-corrected chi connectivity index (χ0v) is 9.24. The fourth-order valence-electron chi connectivity index (χ4n) is 1.36. The first-order valence-corrected chi connectivity index (χ1v) is 4.82. The van der Waals surface area contributed by atoms with Crippen molar-refractivity contribution in [3.63, 3.8) is 0 Å². The Morgan fingerprint density at radius 2 is 1.93 bits per heavy atom. The van der Waals surface area contributed by atoms with Gasteiger partial charge in [0.15, 0.2) is 6.29 Å². The van der Waals surface area contributed by atoms with Crippen molar-refractivity contribution in [3.05, 3.63) is 28.8 Å². The fourth-order valence-corrected chi connectivity index (χ4v) is 1.36. The molecule has 0 atom stereocenters. The Hall–Kier alpha value is -1.35. The van der Waals surface area contributed by atoms with Crippen LogP contribution < -0.4 is 0 Å². The van der Waals surface area contributed by atoms with Crippen LogP contribution in [-0.2, 0) is 12.0 Å². The quantitative estimate of drug-likeness (QED) is 0.731. The van der Waals surface area contributed by atoms with Gasteiger partial charge in [-0.2, -0.15) is 0 Å². The minimum absolute atomic E-state index is 0.116. The fraction of sp³-hybridized carbons (Fsp3) is 0.417. The second-order valence-electron chi connectivity index (χ2n) is 4.60. The van der Waals surface area contributed by atoms with Gasteiger partial charge in [0.05, 0.1) is 12.2 Å². The highest BCUT2D eigenvalue weighted by Crippen LogP contribution is 2.30. The first-order chi connectivity index (χ1) is 6.90. The van der Waals surface area contributed by atoms with E-state index in [-0.39, 0.29) is 23.3 Å². The number of phenols is 1. The predicted molar refractivity (Wildman–Crippen MR) is 58.1 cm³/mol. The molecule has 0 fully saturated rings. The second-order valence-corrected chi connectivity index (χ2v) is 4.60. The maximum Gasteiger partial charge on any atom is 0.153 e. The predicted octanol–water partition coefficient (Wildman–Crippen LogP) is 1.99. The Labute approximate surface area is 89.4 Å². The molecule has 0 heterocycles. The van der Waals surface area contributed by atoms with Gasteiger partial charge in [0.25, 0.3) is 0 Å². The van der Waals surface area contributed by atoms with Gasteiger partial charge < -0.3 is 10.2 Å². The van der Waals surface area contributed by atoms with Gasteiger partial charge in [-0.3, -0.25) is 4.79 Å². The van der Waals surface area contributed by atoms with Gasteiger partial charge in [0.2, 0.25) is 0 Å². The zero-order chi connectivity index (χ0) is 11.6. The van der Waals surface area contributed by atoms with E-state index in [4.69, 9.17) is 5.11 Å². The lowest BCUT2D eigenvalue weighted by Crippen LogP contribution is -2.12. The van der Waals surface area contributed by atoms with Crippen molar-refractivity contribution in [2.45, 2.75) is 32.8 Å². The number of aromatic hydroxyl groups is 1. The summed E-state index contributed by atoms with van der Waals surface area (Å²) in [6.07, 6.45) is 0.601. The largest absolute Gasteiger partial charge is 0.507 e. The van der Waals surface area contributed by atoms with Crippen LogP contribution in [0.5, 0.6) is 5.75 Å². The Morgan fingerprint density at radius 3 is 2.33 bits per heavy atom. The van der Waals surface area contributed by atoms with Crippen LogP contribution in [0, 0.1) is 0 Å². The van der Waals surface area contributed by atoms with Crippen molar-refractivity contribution in [3.8, 4) is 5.75 Å². The number of aliphatic hydroxyl groups excluding tert-OH is 1. The molecule has 2 N–H and O–H groups in total. The first kappa shape index (κ1) is 11.7. The summed E-state index contributed by atoms with van der Waals surface area (Å²) in [4.78, 5) is 10.7. The normalized spacial score (nSPS) is 11.5. The second kappa shape index (κ2) is 4.03. The summed E-state index contributed by atoms with van der Waals surface area (Å²) in [5, 5.41) is 18.6. The van der Waals surface area contributed by atoms with Crippen molar-refractivity contribution in [2.24, 2.45) is 0 Å². The summed E-state index contributed by atoms with van der Waals surface area (Å²) < 4.78 is 0. The van der Waals surface area contributed by atoms with Crippen LogP contribution in [0.3, 0.4) is 0 Å². The Morgan fingerprint density at radius 1 is 1.33 bits per heavy atom. The lowest BCUT2D eigenvalue weighted by Gasteiger charge is -2.21. The molecule has 0 saturated heterocycles. The van der Waals surface area contributed by atoms with E-state index in [0.717, 1.165) is 5.56 Å². The molecular formula is C12H16O3. The van der Waals surface area contributed by atoms with Crippen LogP contribution in [0.25, 0.3) is 0 Å². The monoisotopic (exact) mass is 208 g/mol. The minimum atomic E-state index is -0.267. The number of hydrogen-bond donors (Lipinski definition) is 2. The number of aliphatic hydroxyl groups is 1. The molecule has 3 heteroatoms. The highest BCUT2D eigenvalue weighted by molar-refractivity contribution is 5.80. The first-order valence-electron chi connectivity index (χ1n) is 4.82. The van der Waals surface area contributed by atoms with Crippen LogP contribution in [0.1, 0.15) is 42.3 Å². The van der Waals surface area contributed by atoms with Crippen molar-refractivity contribution in [1.29, 1.82) is 0 Å². The molecule has 0 amide bonds. The molecule has 0 bridgehead atoms. The van der Waals surface area contributed by atoms with Crippen LogP contribution in [0.4, 0.5) is 0 Å². The Kier molecular flexibility index (Phi) is 3.15. The average Bonchev–Trinajstić information content (AvgIpc) is 2.16. The summed E-state index contributed by atoms with van der Waals surface area (Å²) >= 11 is 0. The lowest BCUT2D eigenvalue weighted by atomic mass is 9.85. The molecule has 0 radical (unpaired) electrons. The number of rotatable bonds is 2. The van der Waals surface area contributed by atoms with E-state index >= 15 is 0 Å². The number of benzene rings is 1. The SMILES string of the molecule is CC(C)(C)c1cc(C=O)c(O)c(CO)c1. The van der Waals surface area contributed by atoms with E-state index in [9.17, 15) is 9.90 Å². The van der Waals surface area contributed by atoms with Crippen molar-refractivity contribution >= 4 is 6.29 Å². The molecule has 3 nitrogen and oxygen atoms in total. The van der Waals surface area contributed by atoms with E-state index in [0.29, 0.717) is 11.8 Å². The molecule has 0 aliphatic carbocycles. The Balaban J connectivity index is 3.40. The van der Waals surface area contributed by atoms with Gasteiger partial charge in [-0.1, -0.05) is 20.8 Å². The molecule has 1 rings (SSSR count). The van der Waals surface area contributed by atoms with Gasteiger partial charge >= 0.3 is 0 Å². The van der Waals surface area contributed by atoms with E-state index < -0.39 is 0 Å². The zero-order valence-electron chi connectivity index (χ0n) is 9.24. The summed E-state index contributed by atoms with van der Waals surface area (Å²) in [6, 6.07) is 3.38. The average molecular weight is 208 g/mol. The summed E-state index contributed by atoms with van der Waals surface area (Å²) in [5.74, 6) is -0.125. The molecule has 0 spiro atoms. The van der Waals surface area contributed by atoms with Crippen molar-refractivity contribution in [1.82, 2.24) is 0 Å². The van der Waals surface area contributed by atoms with Crippen molar-refractivity contribution in [2.75, 3.05) is 0 Å². The lowest BCUT2D eigenvalue weighted by molar-refractivity contribution is 0.112. The molecule has 1 aromatic carbocycles. The molecule has 1 aromatic rings. The van der Waals surface area contributed by atoms with Gasteiger partial charge in [0, 0.05) is 5.56 Å². The topological polar surface area (TPSA) is 57.5 Å². The van der Waals surface area contributed by atoms with Crippen LogP contribution >= 0.6 is 0 Å². The molecular weight excluding hydrogens is 192 g/mol. The van der Waals surface area contributed by atoms with Gasteiger partial charge in [-0.15, -0.1) is 0 Å². The maximum atomic E-state index is 10.7. The smallest absolute Gasteiger partial charge is 0.153 e. The third-order valence-electron chi connectivity index (χ3n) is 2.38. The van der Waals surface area contributed by atoms with Crippen LogP contribution in [-0.4, -0.2) is 16.5 Å². The number of aldehydes is 1.